The molecule has 0 aromatic heterocycles. The predicted octanol–water partition coefficient (Wildman–Crippen LogP) is 7.79. The number of hydrogen-bond acceptors (Lipinski definition) is 3. The first-order valence-corrected chi connectivity index (χ1v) is 12.2. The van der Waals surface area contributed by atoms with Crippen LogP contribution < -0.4 is 4.74 Å². The third-order valence-electron chi connectivity index (χ3n) is 6.54. The van der Waals surface area contributed by atoms with Crippen molar-refractivity contribution >= 4 is 5.57 Å². The van der Waals surface area contributed by atoms with Gasteiger partial charge in [0.2, 0.25) is 5.82 Å². The van der Waals surface area contributed by atoms with Crippen molar-refractivity contribution in [3.05, 3.63) is 94.1 Å². The fourth-order valence-corrected chi connectivity index (χ4v) is 4.46. The number of hydrogen-bond donors (Lipinski definition) is 1. The molecule has 0 amide bonds. The van der Waals surface area contributed by atoms with Gasteiger partial charge in [0.15, 0.2) is 34.8 Å². The number of benzene rings is 3. The van der Waals surface area contributed by atoms with Gasteiger partial charge < -0.3 is 14.6 Å². The Morgan fingerprint density at radius 1 is 0.816 bits per heavy atom. The summed E-state index contributed by atoms with van der Waals surface area (Å²) >= 11 is 0. The highest BCUT2D eigenvalue weighted by molar-refractivity contribution is 5.68. The van der Waals surface area contributed by atoms with Crippen LogP contribution in [0.1, 0.15) is 55.9 Å². The lowest BCUT2D eigenvalue weighted by Crippen LogP contribution is -2.17. The molecule has 2 atom stereocenters. The van der Waals surface area contributed by atoms with E-state index in [1.54, 1.807) is 13.0 Å². The molecular weight excluding hydrogens is 510 g/mol. The van der Waals surface area contributed by atoms with Gasteiger partial charge >= 0.3 is 0 Å². The smallest absolute Gasteiger partial charge is 0.201 e. The summed E-state index contributed by atoms with van der Waals surface area (Å²) in [6.45, 7) is 2.78. The van der Waals surface area contributed by atoms with E-state index in [9.17, 15) is 31.4 Å². The van der Waals surface area contributed by atoms with E-state index in [2.05, 4.69) is 0 Å². The molecule has 1 aliphatic rings. The fourth-order valence-electron chi connectivity index (χ4n) is 4.46. The lowest BCUT2D eigenvalue weighted by Gasteiger charge is -2.23. The second kappa shape index (κ2) is 11.6. The van der Waals surface area contributed by atoms with Crippen LogP contribution in [0, 0.1) is 34.9 Å². The van der Waals surface area contributed by atoms with Crippen molar-refractivity contribution in [1.82, 2.24) is 0 Å². The molecule has 0 aliphatic heterocycles. The average molecular weight is 537 g/mol. The van der Waals surface area contributed by atoms with E-state index in [0.29, 0.717) is 24.8 Å². The number of halogens is 6. The van der Waals surface area contributed by atoms with Crippen LogP contribution in [0.25, 0.3) is 16.7 Å². The van der Waals surface area contributed by atoms with E-state index in [-0.39, 0.29) is 41.8 Å². The van der Waals surface area contributed by atoms with Crippen molar-refractivity contribution in [3.8, 4) is 16.9 Å². The predicted molar refractivity (Wildman–Crippen MR) is 130 cm³/mol. The largest absolute Gasteiger partial charge is 0.491 e. The Morgan fingerprint density at radius 3 is 2.08 bits per heavy atom. The van der Waals surface area contributed by atoms with Crippen LogP contribution in [0.3, 0.4) is 0 Å². The van der Waals surface area contributed by atoms with E-state index in [1.807, 2.05) is 0 Å². The SMILES string of the molecule is CCOc1ccc(-c2ccc(COC3CC=C(c4ccc(C(C)O)c(F)c4F)CC3)c(F)c2F)c(F)c1F. The van der Waals surface area contributed by atoms with Crippen molar-refractivity contribution in [1.29, 1.82) is 0 Å². The maximum atomic E-state index is 14.8. The van der Waals surface area contributed by atoms with E-state index in [4.69, 9.17) is 9.47 Å². The zero-order chi connectivity index (χ0) is 27.6. The van der Waals surface area contributed by atoms with Gasteiger partial charge in [-0.25, -0.2) is 22.0 Å². The molecular formula is C29H26F6O3. The van der Waals surface area contributed by atoms with Crippen LogP contribution in [-0.4, -0.2) is 17.8 Å². The van der Waals surface area contributed by atoms with Gasteiger partial charge in [-0.2, -0.15) is 4.39 Å². The van der Waals surface area contributed by atoms with Crippen LogP contribution in [0.2, 0.25) is 0 Å². The van der Waals surface area contributed by atoms with Gasteiger partial charge in [0.05, 0.1) is 25.4 Å². The molecule has 4 rings (SSSR count). The van der Waals surface area contributed by atoms with Crippen LogP contribution in [0.15, 0.2) is 42.5 Å². The summed E-state index contributed by atoms with van der Waals surface area (Å²) in [4.78, 5) is 0. The molecule has 0 heterocycles. The minimum Gasteiger partial charge on any atom is -0.491 e. The highest BCUT2D eigenvalue weighted by Crippen LogP contribution is 2.35. The number of ether oxygens (including phenoxy) is 2. The first-order valence-electron chi connectivity index (χ1n) is 12.2. The summed E-state index contributed by atoms with van der Waals surface area (Å²) in [6.07, 6.45) is 1.34. The molecule has 3 nitrogen and oxygen atoms in total. The van der Waals surface area contributed by atoms with Crippen molar-refractivity contribution in [2.24, 2.45) is 0 Å². The summed E-state index contributed by atoms with van der Waals surface area (Å²) in [5.74, 6) is -7.66. The second-order valence-corrected chi connectivity index (χ2v) is 9.02. The lowest BCUT2D eigenvalue weighted by atomic mass is 9.90. The number of aliphatic hydroxyl groups excluding tert-OH is 1. The van der Waals surface area contributed by atoms with Gasteiger partial charge in [0.1, 0.15) is 0 Å². The van der Waals surface area contributed by atoms with Gasteiger partial charge in [0.25, 0.3) is 0 Å². The normalized spacial score (nSPS) is 16.3. The molecule has 3 aromatic rings. The Labute approximate surface area is 216 Å². The number of allylic oxidation sites excluding steroid dienone is 1. The van der Waals surface area contributed by atoms with Crippen LogP contribution >= 0.6 is 0 Å². The standard InChI is InChI=1S/C29H26F6O3/c1-3-37-23-13-12-22(28(34)29(23)35)21-9-6-17(24(30)27(21)33)14-38-18-7-4-16(5-8-18)20-11-10-19(15(2)36)25(31)26(20)32/h4,6,9-13,15,18,36H,3,5,7-8,14H2,1-2H3. The lowest BCUT2D eigenvalue weighted by molar-refractivity contribution is 0.0342. The fraction of sp³-hybridized carbons (Fsp3) is 0.310. The molecule has 0 radical (unpaired) electrons. The summed E-state index contributed by atoms with van der Waals surface area (Å²) in [6, 6.07) is 7.44. The van der Waals surface area contributed by atoms with Crippen molar-refractivity contribution in [2.45, 2.75) is 51.9 Å². The van der Waals surface area contributed by atoms with Crippen LogP contribution in [0.4, 0.5) is 26.3 Å². The third kappa shape index (κ3) is 5.44. The Bertz CT molecular complexity index is 1370. The molecule has 202 valence electrons. The minimum absolute atomic E-state index is 0.102. The Hall–Kier alpha value is -3.30. The molecule has 2 unspecified atom stereocenters. The quantitative estimate of drug-likeness (QED) is 0.299. The minimum atomic E-state index is -1.35. The van der Waals surface area contributed by atoms with Crippen LogP contribution in [0.5, 0.6) is 5.75 Å². The molecule has 0 saturated heterocycles. The third-order valence-corrected chi connectivity index (χ3v) is 6.54. The van der Waals surface area contributed by atoms with Crippen molar-refractivity contribution < 1.29 is 40.9 Å². The van der Waals surface area contributed by atoms with Crippen LogP contribution in [-0.2, 0) is 11.3 Å². The Balaban J connectivity index is 1.45. The van der Waals surface area contributed by atoms with Gasteiger partial charge in [-0.1, -0.05) is 30.3 Å². The number of aliphatic hydroxyl groups is 1. The van der Waals surface area contributed by atoms with Crippen molar-refractivity contribution in [2.75, 3.05) is 6.61 Å². The summed E-state index contributed by atoms with van der Waals surface area (Å²) in [7, 11) is 0. The zero-order valence-corrected chi connectivity index (χ0v) is 20.8. The average Bonchev–Trinajstić information content (AvgIpc) is 2.90. The van der Waals surface area contributed by atoms with Gasteiger partial charge in [-0.3, -0.25) is 0 Å². The summed E-state index contributed by atoms with van der Waals surface area (Å²) in [5, 5.41) is 9.55. The zero-order valence-electron chi connectivity index (χ0n) is 20.8. The second-order valence-electron chi connectivity index (χ2n) is 9.02. The van der Waals surface area contributed by atoms with Gasteiger partial charge in [0, 0.05) is 27.8 Å². The summed E-state index contributed by atoms with van der Waals surface area (Å²) in [5.41, 5.74) is -0.414. The topological polar surface area (TPSA) is 38.7 Å². The van der Waals surface area contributed by atoms with Gasteiger partial charge in [-0.05, 0) is 50.8 Å². The Kier molecular flexibility index (Phi) is 8.47. The molecule has 0 saturated carbocycles. The van der Waals surface area contributed by atoms with E-state index in [0.717, 1.165) is 18.2 Å². The molecule has 0 bridgehead atoms. The molecule has 0 fully saturated rings. The number of rotatable bonds is 8. The summed E-state index contributed by atoms with van der Waals surface area (Å²) < 4.78 is 97.8. The molecule has 9 heteroatoms. The first kappa shape index (κ1) is 27.7. The molecule has 1 aliphatic carbocycles. The van der Waals surface area contributed by atoms with E-state index < -0.39 is 52.1 Å². The maximum Gasteiger partial charge on any atom is 0.201 e. The molecule has 0 spiro atoms. The highest BCUT2D eigenvalue weighted by Gasteiger charge is 2.24. The Morgan fingerprint density at radius 2 is 1.45 bits per heavy atom. The molecule has 3 aromatic carbocycles. The molecule has 38 heavy (non-hydrogen) atoms. The van der Waals surface area contributed by atoms with Crippen molar-refractivity contribution in [3.63, 3.8) is 0 Å². The van der Waals surface area contributed by atoms with E-state index >= 15 is 0 Å². The monoisotopic (exact) mass is 536 g/mol. The first-order chi connectivity index (χ1) is 18.1. The van der Waals surface area contributed by atoms with Gasteiger partial charge in [-0.15, -0.1) is 0 Å². The van der Waals surface area contributed by atoms with E-state index in [1.165, 1.54) is 25.1 Å². The highest BCUT2D eigenvalue weighted by atomic mass is 19.2. The maximum absolute atomic E-state index is 14.8. The molecule has 1 N–H and O–H groups in total.